The Kier molecular flexibility index (Phi) is 5.27. The third-order valence-corrected chi connectivity index (χ3v) is 4.86. The number of carbonyl (C=O) groups is 1. The maximum atomic E-state index is 12.4. The molecule has 0 aromatic heterocycles. The van der Waals surface area contributed by atoms with E-state index in [4.69, 9.17) is 9.47 Å². The lowest BCUT2D eigenvalue weighted by Gasteiger charge is -2.36. The van der Waals surface area contributed by atoms with Crippen molar-refractivity contribution in [3.63, 3.8) is 0 Å². The minimum absolute atomic E-state index is 0.0680. The smallest absolute Gasteiger partial charge is 0.324 e. The van der Waals surface area contributed by atoms with E-state index in [1.165, 1.54) is 5.56 Å². The van der Waals surface area contributed by atoms with E-state index in [-0.39, 0.29) is 17.5 Å². The summed E-state index contributed by atoms with van der Waals surface area (Å²) in [6.45, 7) is 12.8. The van der Waals surface area contributed by atoms with Gasteiger partial charge in [0.15, 0.2) is 0 Å². The highest BCUT2D eigenvalue weighted by Crippen LogP contribution is 2.37. The highest BCUT2D eigenvalue weighted by atomic mass is 79.9. The molecule has 0 aliphatic carbocycles. The van der Waals surface area contributed by atoms with E-state index >= 15 is 0 Å². The van der Waals surface area contributed by atoms with Gasteiger partial charge in [-0.3, -0.25) is 4.79 Å². The van der Waals surface area contributed by atoms with Gasteiger partial charge in [-0.2, -0.15) is 0 Å². The second-order valence-corrected chi connectivity index (χ2v) is 9.17. The van der Waals surface area contributed by atoms with Crippen LogP contribution in [0.25, 0.3) is 0 Å². The number of esters is 1. The predicted molar refractivity (Wildman–Crippen MR) is 95.7 cm³/mol. The van der Waals surface area contributed by atoms with Crippen molar-refractivity contribution in [2.45, 2.75) is 71.1 Å². The molecule has 0 saturated carbocycles. The third-order valence-electron chi connectivity index (χ3n) is 3.99. The molecule has 0 bridgehead atoms. The van der Waals surface area contributed by atoms with E-state index in [1.807, 2.05) is 32.9 Å². The van der Waals surface area contributed by atoms with Crippen LogP contribution in [0.3, 0.4) is 0 Å². The lowest BCUT2D eigenvalue weighted by Crippen LogP contribution is -2.35. The molecule has 0 N–H and O–H groups in total. The van der Waals surface area contributed by atoms with Gasteiger partial charge in [0.2, 0.25) is 0 Å². The maximum absolute atomic E-state index is 12.4. The molecule has 0 fully saturated rings. The first-order valence-corrected chi connectivity index (χ1v) is 9.00. The molecule has 2 atom stereocenters. The van der Waals surface area contributed by atoms with Crippen LogP contribution in [0.1, 0.15) is 63.1 Å². The Morgan fingerprint density at radius 1 is 1.26 bits per heavy atom. The van der Waals surface area contributed by atoms with Crippen molar-refractivity contribution in [1.29, 1.82) is 0 Å². The minimum atomic E-state index is -0.491. The third kappa shape index (κ3) is 4.57. The number of benzene rings is 1. The van der Waals surface area contributed by atoms with Crippen LogP contribution in [0, 0.1) is 5.41 Å². The van der Waals surface area contributed by atoms with Crippen LogP contribution in [0.5, 0.6) is 0 Å². The molecule has 0 spiro atoms. The van der Waals surface area contributed by atoms with Crippen LogP contribution < -0.4 is 0 Å². The molecule has 1 heterocycles. The molecule has 0 radical (unpaired) electrons. The Morgan fingerprint density at radius 2 is 1.91 bits per heavy atom. The highest BCUT2D eigenvalue weighted by molar-refractivity contribution is 9.09. The summed E-state index contributed by atoms with van der Waals surface area (Å²) in [4.78, 5) is 12.0. The first-order chi connectivity index (χ1) is 10.5. The fraction of sp³-hybridized carbons (Fsp3) is 0.632. The molecule has 1 aromatic carbocycles. The van der Waals surface area contributed by atoms with Gasteiger partial charge in [-0.1, -0.05) is 54.9 Å². The molecule has 23 heavy (non-hydrogen) atoms. The van der Waals surface area contributed by atoms with Crippen LogP contribution in [-0.4, -0.2) is 17.7 Å². The molecule has 3 nitrogen and oxygen atoms in total. The van der Waals surface area contributed by atoms with Crippen molar-refractivity contribution in [3.8, 4) is 0 Å². The maximum Gasteiger partial charge on any atom is 0.324 e. The van der Waals surface area contributed by atoms with Gasteiger partial charge >= 0.3 is 5.97 Å². The minimum Gasteiger partial charge on any atom is -0.459 e. The number of hydrogen-bond donors (Lipinski definition) is 0. The van der Waals surface area contributed by atoms with Crippen LogP contribution in [0.4, 0.5) is 0 Å². The van der Waals surface area contributed by atoms with E-state index < -0.39 is 10.4 Å². The number of rotatable bonds is 2. The largest absolute Gasteiger partial charge is 0.459 e. The van der Waals surface area contributed by atoms with Gasteiger partial charge in [-0.25, -0.2) is 0 Å². The van der Waals surface area contributed by atoms with E-state index in [2.05, 4.69) is 42.8 Å². The summed E-state index contributed by atoms with van der Waals surface area (Å²) in [5.74, 6) is -0.246. The number of halogens is 1. The van der Waals surface area contributed by atoms with E-state index in [0.717, 1.165) is 17.5 Å². The Balaban J connectivity index is 2.30. The standard InChI is InChI=1S/C19H27BrO3/c1-18(2,3)15-10-14-12(11-22-15)8-7-9-13(14)16(20)17(21)23-19(4,5)6/h7-9,15-16H,10-11H2,1-6H3. The summed E-state index contributed by atoms with van der Waals surface area (Å²) < 4.78 is 11.5. The van der Waals surface area contributed by atoms with Gasteiger partial charge < -0.3 is 9.47 Å². The summed E-state index contributed by atoms with van der Waals surface area (Å²) >= 11 is 3.54. The second kappa shape index (κ2) is 6.56. The Bertz CT molecular complexity index is 581. The number of alkyl halides is 1. The van der Waals surface area contributed by atoms with Gasteiger partial charge in [-0.05, 0) is 49.3 Å². The van der Waals surface area contributed by atoms with Crippen molar-refractivity contribution < 1.29 is 14.3 Å². The van der Waals surface area contributed by atoms with Gasteiger partial charge in [0, 0.05) is 0 Å². The molecule has 4 heteroatoms. The Labute approximate surface area is 147 Å². The average molecular weight is 383 g/mol. The highest BCUT2D eigenvalue weighted by Gasteiger charge is 2.33. The van der Waals surface area contributed by atoms with Gasteiger partial charge in [-0.15, -0.1) is 0 Å². The summed E-state index contributed by atoms with van der Waals surface area (Å²) in [6, 6.07) is 6.06. The fourth-order valence-corrected chi connectivity index (χ4v) is 3.27. The molecule has 1 aliphatic rings. The van der Waals surface area contributed by atoms with Crippen molar-refractivity contribution in [2.24, 2.45) is 5.41 Å². The molecule has 0 saturated heterocycles. The molecule has 2 unspecified atom stereocenters. The van der Waals surface area contributed by atoms with Crippen LogP contribution >= 0.6 is 15.9 Å². The second-order valence-electron chi connectivity index (χ2n) is 8.25. The zero-order chi connectivity index (χ0) is 17.4. The van der Waals surface area contributed by atoms with Crippen molar-refractivity contribution in [1.82, 2.24) is 0 Å². The Hall–Kier alpha value is -0.870. The summed E-state index contributed by atoms with van der Waals surface area (Å²) in [5, 5.41) is 0. The lowest BCUT2D eigenvalue weighted by atomic mass is 9.81. The molecule has 1 aromatic rings. The molecular formula is C19H27BrO3. The zero-order valence-corrected chi connectivity index (χ0v) is 16.5. The van der Waals surface area contributed by atoms with Crippen LogP contribution in [0.15, 0.2) is 18.2 Å². The summed E-state index contributed by atoms with van der Waals surface area (Å²) in [5.41, 5.74) is 2.95. The SMILES string of the molecule is CC(C)(C)OC(=O)C(Br)c1cccc2c1CC(C(C)(C)C)OC2. The first-order valence-electron chi connectivity index (χ1n) is 8.08. The van der Waals surface area contributed by atoms with E-state index in [1.54, 1.807) is 0 Å². The monoisotopic (exact) mass is 382 g/mol. The quantitative estimate of drug-likeness (QED) is 0.535. The summed E-state index contributed by atoms with van der Waals surface area (Å²) in [7, 11) is 0. The van der Waals surface area contributed by atoms with Crippen LogP contribution in [-0.2, 0) is 27.3 Å². The molecule has 2 rings (SSSR count). The van der Waals surface area contributed by atoms with E-state index in [9.17, 15) is 4.79 Å². The first kappa shape index (κ1) is 18.5. The molecule has 1 aliphatic heterocycles. The van der Waals surface area contributed by atoms with Crippen molar-refractivity contribution in [2.75, 3.05) is 0 Å². The number of hydrogen-bond acceptors (Lipinski definition) is 3. The van der Waals surface area contributed by atoms with Crippen LogP contribution in [0.2, 0.25) is 0 Å². The van der Waals surface area contributed by atoms with Gasteiger partial charge in [0.1, 0.15) is 10.4 Å². The zero-order valence-electron chi connectivity index (χ0n) is 14.9. The fourth-order valence-electron chi connectivity index (χ4n) is 2.75. The topological polar surface area (TPSA) is 35.5 Å². The van der Waals surface area contributed by atoms with E-state index in [0.29, 0.717) is 6.61 Å². The summed E-state index contributed by atoms with van der Waals surface area (Å²) in [6.07, 6.45) is 0.967. The molecule has 128 valence electrons. The Morgan fingerprint density at radius 3 is 2.48 bits per heavy atom. The normalized spacial score (nSPS) is 19.9. The number of fused-ring (bicyclic) bond motifs is 1. The molecular weight excluding hydrogens is 356 g/mol. The van der Waals surface area contributed by atoms with Crippen molar-refractivity contribution >= 4 is 21.9 Å². The van der Waals surface area contributed by atoms with Gasteiger partial charge in [0.25, 0.3) is 0 Å². The van der Waals surface area contributed by atoms with Gasteiger partial charge in [0.05, 0.1) is 12.7 Å². The average Bonchev–Trinajstić information content (AvgIpc) is 2.42. The number of ether oxygens (including phenoxy) is 2. The number of carbonyl (C=O) groups excluding carboxylic acids is 1. The molecule has 0 amide bonds. The van der Waals surface area contributed by atoms with Crippen molar-refractivity contribution in [3.05, 3.63) is 34.9 Å². The predicted octanol–water partition coefficient (Wildman–Crippen LogP) is 4.95. The lowest BCUT2D eigenvalue weighted by molar-refractivity contribution is -0.154.